The first-order valence-corrected chi connectivity index (χ1v) is 6.20. The molecule has 1 aliphatic heterocycles. The minimum atomic E-state index is 0.320. The summed E-state index contributed by atoms with van der Waals surface area (Å²) in [5, 5.41) is 3.57. The molecule has 2 rings (SSSR count). The van der Waals surface area contributed by atoms with E-state index < -0.39 is 0 Å². The Kier molecular flexibility index (Phi) is 2.67. The van der Waals surface area contributed by atoms with Gasteiger partial charge in [0.05, 0.1) is 0 Å². The second-order valence-electron chi connectivity index (χ2n) is 4.95. The molecular weight excluding hydrogens is 190 g/mol. The van der Waals surface area contributed by atoms with E-state index in [-0.39, 0.29) is 0 Å². The number of rotatable bonds is 1. The van der Waals surface area contributed by atoms with Gasteiger partial charge in [-0.2, -0.15) is 0 Å². The molecule has 1 nitrogen and oxygen atoms in total. The smallest absolute Gasteiger partial charge is 0.0131 e. The average Bonchev–Trinajstić information content (AvgIpc) is 2.50. The zero-order chi connectivity index (χ0) is 10.2. The lowest BCUT2D eigenvalue weighted by molar-refractivity contribution is 0.277. The topological polar surface area (TPSA) is 12.0 Å². The number of nitrogens with one attached hydrogen (secondary N) is 1. The number of piperidine rings is 1. The third-order valence-electron chi connectivity index (χ3n) is 3.02. The van der Waals surface area contributed by atoms with Crippen molar-refractivity contribution in [2.45, 2.75) is 45.1 Å². The predicted molar refractivity (Wildman–Crippen MR) is 63.1 cm³/mol. The Morgan fingerprint density at radius 3 is 2.79 bits per heavy atom. The van der Waals surface area contributed by atoms with E-state index in [0.29, 0.717) is 5.54 Å². The second-order valence-corrected chi connectivity index (χ2v) is 6.27. The molecule has 0 amide bonds. The van der Waals surface area contributed by atoms with Crippen molar-refractivity contribution in [2.75, 3.05) is 6.54 Å². The van der Waals surface area contributed by atoms with Gasteiger partial charge in [-0.1, -0.05) is 0 Å². The van der Waals surface area contributed by atoms with Crippen LogP contribution in [0.3, 0.4) is 0 Å². The van der Waals surface area contributed by atoms with E-state index in [2.05, 4.69) is 38.2 Å². The van der Waals surface area contributed by atoms with Crippen LogP contribution in [0.2, 0.25) is 0 Å². The van der Waals surface area contributed by atoms with Crippen molar-refractivity contribution < 1.29 is 0 Å². The standard InChI is InChI=1S/C12H19NS/c1-9-4-5-11(14-9)10-6-7-13-12(2,3)8-10/h4-5,10,13H,6-8H2,1-3H3. The normalized spacial score (nSPS) is 26.4. The summed E-state index contributed by atoms with van der Waals surface area (Å²) in [5.41, 5.74) is 0.320. The van der Waals surface area contributed by atoms with Crippen molar-refractivity contribution in [2.24, 2.45) is 0 Å². The van der Waals surface area contributed by atoms with E-state index in [4.69, 9.17) is 0 Å². The van der Waals surface area contributed by atoms with Crippen LogP contribution in [0, 0.1) is 6.92 Å². The SMILES string of the molecule is Cc1ccc(C2CCNC(C)(C)C2)s1. The van der Waals surface area contributed by atoms with Gasteiger partial charge >= 0.3 is 0 Å². The minimum Gasteiger partial charge on any atom is -0.312 e. The molecule has 1 N–H and O–H groups in total. The molecule has 1 unspecified atom stereocenters. The summed E-state index contributed by atoms with van der Waals surface area (Å²) in [4.78, 5) is 3.02. The Labute approximate surface area is 90.5 Å². The maximum Gasteiger partial charge on any atom is 0.0131 e. The lowest BCUT2D eigenvalue weighted by Crippen LogP contribution is -2.45. The molecule has 0 aromatic carbocycles. The minimum absolute atomic E-state index is 0.320. The fourth-order valence-corrected chi connectivity index (χ4v) is 3.30. The second kappa shape index (κ2) is 3.67. The van der Waals surface area contributed by atoms with Gasteiger partial charge in [-0.3, -0.25) is 0 Å². The number of hydrogen-bond donors (Lipinski definition) is 1. The summed E-state index contributed by atoms with van der Waals surface area (Å²) in [5.74, 6) is 0.782. The summed E-state index contributed by atoms with van der Waals surface area (Å²) in [6.07, 6.45) is 2.57. The van der Waals surface area contributed by atoms with E-state index in [1.165, 1.54) is 17.7 Å². The van der Waals surface area contributed by atoms with Gasteiger partial charge in [-0.05, 0) is 58.2 Å². The fraction of sp³-hybridized carbons (Fsp3) is 0.667. The summed E-state index contributed by atoms with van der Waals surface area (Å²) < 4.78 is 0. The first kappa shape index (κ1) is 10.2. The molecule has 0 spiro atoms. The van der Waals surface area contributed by atoms with Crippen molar-refractivity contribution in [3.8, 4) is 0 Å². The Balaban J connectivity index is 2.12. The number of thiophene rings is 1. The Bertz CT molecular complexity index is 314. The van der Waals surface area contributed by atoms with Crippen LogP contribution in [-0.2, 0) is 0 Å². The van der Waals surface area contributed by atoms with E-state index >= 15 is 0 Å². The van der Waals surface area contributed by atoms with Crippen molar-refractivity contribution in [1.82, 2.24) is 5.32 Å². The Hall–Kier alpha value is -0.340. The van der Waals surface area contributed by atoms with Crippen LogP contribution < -0.4 is 5.32 Å². The van der Waals surface area contributed by atoms with E-state index in [1.807, 2.05) is 11.3 Å². The fourth-order valence-electron chi connectivity index (χ4n) is 2.29. The van der Waals surface area contributed by atoms with Gasteiger partial charge in [0.25, 0.3) is 0 Å². The molecular formula is C12H19NS. The van der Waals surface area contributed by atoms with Gasteiger partial charge < -0.3 is 5.32 Å². The molecule has 1 aromatic heterocycles. The zero-order valence-corrected chi connectivity index (χ0v) is 10.1. The molecule has 0 aliphatic carbocycles. The molecule has 0 radical (unpaired) electrons. The highest BCUT2D eigenvalue weighted by molar-refractivity contribution is 7.12. The Morgan fingerprint density at radius 1 is 1.43 bits per heavy atom. The van der Waals surface area contributed by atoms with Crippen LogP contribution in [0.4, 0.5) is 0 Å². The molecule has 1 aromatic rings. The maximum absolute atomic E-state index is 3.57. The monoisotopic (exact) mass is 209 g/mol. The molecule has 1 atom stereocenters. The van der Waals surface area contributed by atoms with Gasteiger partial charge in [0, 0.05) is 15.3 Å². The lowest BCUT2D eigenvalue weighted by atomic mass is 9.84. The first-order valence-electron chi connectivity index (χ1n) is 5.38. The third kappa shape index (κ3) is 2.18. The van der Waals surface area contributed by atoms with Gasteiger partial charge in [0.1, 0.15) is 0 Å². The third-order valence-corrected chi connectivity index (χ3v) is 4.18. The van der Waals surface area contributed by atoms with E-state index in [0.717, 1.165) is 12.5 Å². The molecule has 1 saturated heterocycles. The molecule has 78 valence electrons. The summed E-state index contributed by atoms with van der Waals surface area (Å²) in [7, 11) is 0. The highest BCUT2D eigenvalue weighted by Gasteiger charge is 2.28. The summed E-state index contributed by atoms with van der Waals surface area (Å²) >= 11 is 1.97. The quantitative estimate of drug-likeness (QED) is 0.748. The van der Waals surface area contributed by atoms with Crippen molar-refractivity contribution in [3.63, 3.8) is 0 Å². The van der Waals surface area contributed by atoms with Crippen LogP contribution in [0.5, 0.6) is 0 Å². The number of aryl methyl sites for hydroxylation is 1. The highest BCUT2D eigenvalue weighted by atomic mass is 32.1. The molecule has 0 saturated carbocycles. The van der Waals surface area contributed by atoms with Crippen LogP contribution in [0.15, 0.2) is 12.1 Å². The van der Waals surface area contributed by atoms with Gasteiger partial charge in [0.15, 0.2) is 0 Å². The first-order chi connectivity index (χ1) is 6.57. The number of hydrogen-bond acceptors (Lipinski definition) is 2. The maximum atomic E-state index is 3.57. The van der Waals surface area contributed by atoms with Gasteiger partial charge in [-0.25, -0.2) is 0 Å². The largest absolute Gasteiger partial charge is 0.312 e. The highest BCUT2D eigenvalue weighted by Crippen LogP contribution is 2.35. The van der Waals surface area contributed by atoms with E-state index in [1.54, 1.807) is 4.88 Å². The molecule has 1 aliphatic rings. The Morgan fingerprint density at radius 2 is 2.21 bits per heavy atom. The van der Waals surface area contributed by atoms with Crippen LogP contribution >= 0.6 is 11.3 Å². The molecule has 2 heteroatoms. The van der Waals surface area contributed by atoms with Gasteiger partial charge in [0.2, 0.25) is 0 Å². The molecule has 0 bridgehead atoms. The lowest BCUT2D eigenvalue weighted by Gasteiger charge is -2.36. The summed E-state index contributed by atoms with van der Waals surface area (Å²) in [6, 6.07) is 4.56. The van der Waals surface area contributed by atoms with Crippen LogP contribution in [0.1, 0.15) is 42.4 Å². The molecule has 1 fully saturated rings. The molecule has 14 heavy (non-hydrogen) atoms. The van der Waals surface area contributed by atoms with Crippen LogP contribution in [0.25, 0.3) is 0 Å². The average molecular weight is 209 g/mol. The van der Waals surface area contributed by atoms with Crippen molar-refractivity contribution >= 4 is 11.3 Å². The van der Waals surface area contributed by atoms with Crippen molar-refractivity contribution in [3.05, 3.63) is 21.9 Å². The molecule has 2 heterocycles. The summed E-state index contributed by atoms with van der Waals surface area (Å²) in [6.45, 7) is 7.97. The predicted octanol–water partition coefficient (Wildman–Crippen LogP) is 3.30. The van der Waals surface area contributed by atoms with Crippen molar-refractivity contribution in [1.29, 1.82) is 0 Å². The van der Waals surface area contributed by atoms with Gasteiger partial charge in [-0.15, -0.1) is 11.3 Å². The zero-order valence-electron chi connectivity index (χ0n) is 9.26. The van der Waals surface area contributed by atoms with E-state index in [9.17, 15) is 0 Å². The van der Waals surface area contributed by atoms with Crippen LogP contribution in [-0.4, -0.2) is 12.1 Å².